The number of hydrogen-bond acceptors (Lipinski definition) is 7. The molecule has 7 nitrogen and oxygen atoms in total. The van der Waals surface area contributed by atoms with Crippen LogP contribution >= 0.6 is 0 Å². The zero-order valence-electron chi connectivity index (χ0n) is 15.5. The van der Waals surface area contributed by atoms with Crippen LogP contribution in [0.5, 0.6) is 5.75 Å². The highest BCUT2D eigenvalue weighted by Crippen LogP contribution is 2.24. The molecule has 144 valence electrons. The van der Waals surface area contributed by atoms with Gasteiger partial charge in [-0.15, -0.1) is 0 Å². The molecule has 1 atom stereocenters. The summed E-state index contributed by atoms with van der Waals surface area (Å²) in [5, 5.41) is 23.0. The van der Waals surface area contributed by atoms with Crippen molar-refractivity contribution in [3.8, 4) is 28.5 Å². The Morgan fingerprint density at radius 1 is 0.897 bits per heavy atom. The van der Waals surface area contributed by atoms with Crippen LogP contribution in [0.15, 0.2) is 79.3 Å². The van der Waals surface area contributed by atoms with Gasteiger partial charge in [-0.2, -0.15) is 0 Å². The predicted octanol–water partition coefficient (Wildman–Crippen LogP) is 3.45. The van der Waals surface area contributed by atoms with Gasteiger partial charge in [0.15, 0.2) is 5.82 Å². The van der Waals surface area contributed by atoms with Gasteiger partial charge in [-0.3, -0.25) is 9.97 Å². The van der Waals surface area contributed by atoms with Crippen LogP contribution in [0.3, 0.4) is 0 Å². The van der Waals surface area contributed by atoms with E-state index in [2.05, 4.69) is 25.3 Å². The van der Waals surface area contributed by atoms with Crippen molar-refractivity contribution >= 4 is 5.82 Å². The van der Waals surface area contributed by atoms with Crippen LogP contribution < -0.4 is 5.32 Å². The molecule has 4 aromatic rings. The van der Waals surface area contributed by atoms with E-state index in [0.717, 1.165) is 5.56 Å². The van der Waals surface area contributed by atoms with Crippen molar-refractivity contribution in [1.82, 2.24) is 19.9 Å². The molecule has 0 radical (unpaired) electrons. The predicted molar refractivity (Wildman–Crippen MR) is 110 cm³/mol. The van der Waals surface area contributed by atoms with Gasteiger partial charge in [-0.05, 0) is 42.0 Å². The van der Waals surface area contributed by atoms with E-state index < -0.39 is 6.10 Å². The molecular formula is C22H19N5O2. The van der Waals surface area contributed by atoms with E-state index in [9.17, 15) is 10.2 Å². The molecule has 0 bridgehead atoms. The lowest BCUT2D eigenvalue weighted by molar-refractivity contribution is 0.191. The van der Waals surface area contributed by atoms with Gasteiger partial charge in [-0.1, -0.05) is 18.2 Å². The molecule has 0 aliphatic rings. The third kappa shape index (κ3) is 4.53. The van der Waals surface area contributed by atoms with Crippen LogP contribution in [0.2, 0.25) is 0 Å². The topological polar surface area (TPSA) is 104 Å². The van der Waals surface area contributed by atoms with E-state index >= 15 is 0 Å². The lowest BCUT2D eigenvalue weighted by Crippen LogP contribution is -2.13. The summed E-state index contributed by atoms with van der Waals surface area (Å²) >= 11 is 0. The maximum Gasteiger partial charge on any atom is 0.180 e. The highest BCUT2D eigenvalue weighted by Gasteiger charge is 2.12. The Kier molecular flexibility index (Phi) is 5.40. The summed E-state index contributed by atoms with van der Waals surface area (Å²) in [6.45, 7) is 0.246. The van der Waals surface area contributed by atoms with Crippen molar-refractivity contribution in [1.29, 1.82) is 0 Å². The van der Waals surface area contributed by atoms with Crippen LogP contribution in [0.1, 0.15) is 11.7 Å². The number of aromatic nitrogens is 4. The summed E-state index contributed by atoms with van der Waals surface area (Å²) in [6.07, 6.45) is 4.37. The number of pyridine rings is 2. The van der Waals surface area contributed by atoms with E-state index in [-0.39, 0.29) is 12.3 Å². The van der Waals surface area contributed by atoms with Gasteiger partial charge >= 0.3 is 0 Å². The maximum absolute atomic E-state index is 10.4. The van der Waals surface area contributed by atoms with E-state index in [4.69, 9.17) is 0 Å². The quantitative estimate of drug-likeness (QED) is 0.467. The van der Waals surface area contributed by atoms with Gasteiger partial charge in [0.05, 0.1) is 11.8 Å². The number of nitrogens with zero attached hydrogens (tertiary/aromatic N) is 4. The molecule has 4 rings (SSSR count). The van der Waals surface area contributed by atoms with Crippen molar-refractivity contribution in [2.24, 2.45) is 0 Å². The molecule has 0 amide bonds. The third-order valence-corrected chi connectivity index (χ3v) is 4.33. The molecule has 1 aromatic carbocycles. The second kappa shape index (κ2) is 8.45. The minimum absolute atomic E-state index is 0.158. The van der Waals surface area contributed by atoms with Gasteiger partial charge < -0.3 is 15.5 Å². The number of benzene rings is 1. The molecule has 0 spiro atoms. The summed E-state index contributed by atoms with van der Waals surface area (Å²) < 4.78 is 0. The Bertz CT molecular complexity index is 1020. The Hall–Kier alpha value is -3.84. The fraction of sp³-hybridized carbons (Fsp3) is 0.0909. The third-order valence-electron chi connectivity index (χ3n) is 4.33. The number of nitrogens with one attached hydrogen (secondary N) is 1. The van der Waals surface area contributed by atoms with Crippen LogP contribution in [-0.2, 0) is 0 Å². The number of rotatable bonds is 6. The molecule has 0 saturated heterocycles. The SMILES string of the molecule is Oc1ccc(C(O)CNc2cc(-c3cccnc3)nc(-c3ccccn3)n2)cc1. The van der Waals surface area contributed by atoms with Crippen molar-refractivity contribution in [2.75, 3.05) is 11.9 Å². The molecule has 0 fully saturated rings. The van der Waals surface area contributed by atoms with Gasteiger partial charge in [0.25, 0.3) is 0 Å². The van der Waals surface area contributed by atoms with E-state index in [1.807, 2.05) is 36.4 Å². The maximum atomic E-state index is 10.4. The number of aromatic hydroxyl groups is 1. The van der Waals surface area contributed by atoms with E-state index in [1.165, 1.54) is 0 Å². The van der Waals surface area contributed by atoms with E-state index in [0.29, 0.717) is 28.6 Å². The second-order valence-electron chi connectivity index (χ2n) is 6.41. The summed E-state index contributed by atoms with van der Waals surface area (Å²) in [7, 11) is 0. The number of aliphatic hydroxyl groups is 1. The first-order chi connectivity index (χ1) is 14.2. The molecule has 3 N–H and O–H groups in total. The molecule has 0 aliphatic carbocycles. The highest BCUT2D eigenvalue weighted by atomic mass is 16.3. The largest absolute Gasteiger partial charge is 0.508 e. The molecule has 3 aromatic heterocycles. The lowest BCUT2D eigenvalue weighted by Gasteiger charge is -2.14. The van der Waals surface area contributed by atoms with Gasteiger partial charge in [0, 0.05) is 36.8 Å². The van der Waals surface area contributed by atoms with Crippen LogP contribution in [0.25, 0.3) is 22.8 Å². The Labute approximate surface area is 167 Å². The lowest BCUT2D eigenvalue weighted by atomic mass is 10.1. The average molecular weight is 385 g/mol. The summed E-state index contributed by atoms with van der Waals surface area (Å²) in [6, 6.07) is 17.6. The first-order valence-electron chi connectivity index (χ1n) is 9.11. The van der Waals surface area contributed by atoms with Gasteiger partial charge in [0.1, 0.15) is 17.3 Å². The molecule has 7 heteroatoms. The second-order valence-corrected chi connectivity index (χ2v) is 6.41. The Morgan fingerprint density at radius 2 is 1.76 bits per heavy atom. The van der Waals surface area contributed by atoms with Crippen LogP contribution in [0.4, 0.5) is 5.82 Å². The molecule has 0 aliphatic heterocycles. The Balaban J connectivity index is 1.62. The minimum Gasteiger partial charge on any atom is -0.508 e. The Morgan fingerprint density at radius 3 is 2.48 bits per heavy atom. The fourth-order valence-electron chi connectivity index (χ4n) is 2.83. The number of hydrogen-bond donors (Lipinski definition) is 3. The molecule has 3 heterocycles. The van der Waals surface area contributed by atoms with Crippen LogP contribution in [-0.4, -0.2) is 36.7 Å². The number of phenolic OH excluding ortho intramolecular Hbond substituents is 1. The summed E-state index contributed by atoms with van der Waals surface area (Å²) in [4.78, 5) is 17.7. The highest BCUT2D eigenvalue weighted by molar-refractivity contribution is 5.65. The van der Waals surface area contributed by atoms with Crippen LogP contribution in [0, 0.1) is 0 Å². The standard InChI is InChI=1S/C22H19N5O2/c28-17-8-6-15(7-9-17)20(29)14-25-21-12-19(16-4-3-10-23-13-16)26-22(27-21)18-5-1-2-11-24-18/h1-13,20,28-29H,14H2,(H,25,26,27). The first kappa shape index (κ1) is 18.5. The van der Waals surface area contributed by atoms with Crippen molar-refractivity contribution in [3.63, 3.8) is 0 Å². The van der Waals surface area contributed by atoms with Crippen molar-refractivity contribution in [3.05, 3.63) is 84.8 Å². The van der Waals surface area contributed by atoms with Gasteiger partial charge in [0.2, 0.25) is 0 Å². The average Bonchev–Trinajstić information content (AvgIpc) is 2.79. The smallest absolute Gasteiger partial charge is 0.180 e. The monoisotopic (exact) mass is 385 g/mol. The van der Waals surface area contributed by atoms with E-state index in [1.54, 1.807) is 42.9 Å². The molecular weight excluding hydrogens is 366 g/mol. The number of aliphatic hydroxyl groups excluding tert-OH is 1. The summed E-state index contributed by atoms with van der Waals surface area (Å²) in [5.41, 5.74) is 2.91. The first-order valence-corrected chi connectivity index (χ1v) is 9.11. The van der Waals surface area contributed by atoms with Gasteiger partial charge in [-0.25, -0.2) is 9.97 Å². The zero-order valence-corrected chi connectivity index (χ0v) is 15.5. The fourth-order valence-corrected chi connectivity index (χ4v) is 2.83. The summed E-state index contributed by atoms with van der Waals surface area (Å²) in [5.74, 6) is 1.21. The normalized spacial score (nSPS) is 11.8. The van der Waals surface area contributed by atoms with Crippen molar-refractivity contribution in [2.45, 2.75) is 6.10 Å². The van der Waals surface area contributed by atoms with Crippen molar-refractivity contribution < 1.29 is 10.2 Å². The minimum atomic E-state index is -0.759. The molecule has 1 unspecified atom stereocenters. The molecule has 29 heavy (non-hydrogen) atoms. The number of anilines is 1. The zero-order chi connectivity index (χ0) is 20.1. The number of phenols is 1. The molecule has 0 saturated carbocycles.